The number of hydrogen-bond acceptors (Lipinski definition) is 3. The lowest BCUT2D eigenvalue weighted by Gasteiger charge is -2.26. The maximum Gasteiger partial charge on any atom is 0.170 e. The Balaban J connectivity index is 1.91. The summed E-state index contributed by atoms with van der Waals surface area (Å²) in [5.41, 5.74) is 5.13. The predicted molar refractivity (Wildman–Crippen MR) is 94.7 cm³/mol. The average molecular weight is 322 g/mol. The number of aromatic hydroxyl groups is 1. The van der Waals surface area contributed by atoms with Crippen molar-refractivity contribution in [3.63, 3.8) is 0 Å². The molecule has 0 bridgehead atoms. The fourth-order valence-electron chi connectivity index (χ4n) is 2.92. The first-order valence-corrected chi connectivity index (χ1v) is 8.19. The zero-order chi connectivity index (χ0) is 17.3. The van der Waals surface area contributed by atoms with Crippen LogP contribution in [0.3, 0.4) is 0 Å². The molecule has 2 aromatic carbocycles. The number of carbonyl (C=O) groups excluding carboxylic acids is 1. The standard InChI is InChI=1S/C21H22O3/c1-13(2)4-5-16-11-18-19(23)12-20(24-21(18)10-14(16)3)15-6-8-17(22)9-7-15/h4,6-11,20,22H,5,12H2,1-3H3. The summed E-state index contributed by atoms with van der Waals surface area (Å²) in [6.45, 7) is 6.20. The summed E-state index contributed by atoms with van der Waals surface area (Å²) in [5, 5.41) is 9.41. The molecule has 1 heterocycles. The first-order valence-electron chi connectivity index (χ1n) is 8.19. The summed E-state index contributed by atoms with van der Waals surface area (Å²) in [7, 11) is 0. The molecule has 0 saturated carbocycles. The number of phenolic OH excluding ortho intramolecular Hbond substituents is 1. The first-order chi connectivity index (χ1) is 11.4. The molecule has 1 unspecified atom stereocenters. The topological polar surface area (TPSA) is 46.5 Å². The molecule has 3 heteroatoms. The molecule has 3 rings (SSSR count). The minimum absolute atomic E-state index is 0.104. The van der Waals surface area contributed by atoms with E-state index in [1.807, 2.05) is 19.1 Å². The van der Waals surface area contributed by atoms with E-state index in [1.54, 1.807) is 24.3 Å². The molecule has 3 nitrogen and oxygen atoms in total. The molecule has 0 spiro atoms. The maximum absolute atomic E-state index is 12.6. The van der Waals surface area contributed by atoms with E-state index in [4.69, 9.17) is 4.74 Å². The van der Waals surface area contributed by atoms with Gasteiger partial charge in [-0.2, -0.15) is 0 Å². The number of ketones is 1. The van der Waals surface area contributed by atoms with Crippen molar-refractivity contribution in [3.8, 4) is 11.5 Å². The highest BCUT2D eigenvalue weighted by molar-refractivity contribution is 6.00. The predicted octanol–water partition coefficient (Wildman–Crippen LogP) is 4.92. The van der Waals surface area contributed by atoms with Gasteiger partial charge in [0.05, 0.1) is 12.0 Å². The Labute approximate surface area is 142 Å². The van der Waals surface area contributed by atoms with Crippen LogP contribution in [0.5, 0.6) is 11.5 Å². The largest absolute Gasteiger partial charge is 0.508 e. The van der Waals surface area contributed by atoms with E-state index in [0.717, 1.165) is 23.1 Å². The van der Waals surface area contributed by atoms with Crippen LogP contribution in [0.2, 0.25) is 0 Å². The van der Waals surface area contributed by atoms with Crippen LogP contribution in [0.1, 0.15) is 53.4 Å². The second kappa shape index (κ2) is 6.52. The van der Waals surface area contributed by atoms with Crippen LogP contribution in [0.4, 0.5) is 0 Å². The summed E-state index contributed by atoms with van der Waals surface area (Å²) in [6.07, 6.45) is 3.02. The van der Waals surface area contributed by atoms with Crippen molar-refractivity contribution in [2.75, 3.05) is 0 Å². The zero-order valence-corrected chi connectivity index (χ0v) is 14.3. The average Bonchev–Trinajstić information content (AvgIpc) is 2.53. The highest BCUT2D eigenvalue weighted by atomic mass is 16.5. The van der Waals surface area contributed by atoms with Gasteiger partial charge in [0.1, 0.15) is 17.6 Å². The highest BCUT2D eigenvalue weighted by Crippen LogP contribution is 2.37. The van der Waals surface area contributed by atoms with E-state index in [2.05, 4.69) is 19.9 Å². The molecule has 0 aromatic heterocycles. The molecule has 0 fully saturated rings. The monoisotopic (exact) mass is 322 g/mol. The number of hydrogen-bond donors (Lipinski definition) is 1. The minimum Gasteiger partial charge on any atom is -0.508 e. The molecule has 1 aliphatic heterocycles. The molecule has 0 radical (unpaired) electrons. The van der Waals surface area contributed by atoms with Gasteiger partial charge < -0.3 is 9.84 Å². The first kappa shape index (κ1) is 16.3. The van der Waals surface area contributed by atoms with Crippen molar-refractivity contribution < 1.29 is 14.6 Å². The van der Waals surface area contributed by atoms with Gasteiger partial charge in [-0.1, -0.05) is 23.8 Å². The van der Waals surface area contributed by atoms with Gasteiger partial charge in [0, 0.05) is 0 Å². The number of allylic oxidation sites excluding steroid dienone is 2. The van der Waals surface area contributed by atoms with E-state index in [9.17, 15) is 9.90 Å². The molecule has 124 valence electrons. The van der Waals surface area contributed by atoms with Gasteiger partial charge in [-0.3, -0.25) is 4.79 Å². The molecular weight excluding hydrogens is 300 g/mol. The maximum atomic E-state index is 12.6. The smallest absolute Gasteiger partial charge is 0.170 e. The Morgan fingerprint density at radius 3 is 2.62 bits per heavy atom. The number of phenols is 1. The minimum atomic E-state index is -0.298. The SMILES string of the molecule is CC(C)=CCc1cc2c(cc1C)OC(c1ccc(O)cc1)CC2=O. The summed E-state index contributed by atoms with van der Waals surface area (Å²) < 4.78 is 6.07. The van der Waals surface area contributed by atoms with Crippen molar-refractivity contribution in [1.82, 2.24) is 0 Å². The van der Waals surface area contributed by atoms with Crippen molar-refractivity contribution in [3.05, 3.63) is 70.3 Å². The van der Waals surface area contributed by atoms with Crippen molar-refractivity contribution >= 4 is 5.78 Å². The van der Waals surface area contributed by atoms with Gasteiger partial charge in [0.2, 0.25) is 0 Å². The van der Waals surface area contributed by atoms with Crippen LogP contribution in [-0.4, -0.2) is 10.9 Å². The Morgan fingerprint density at radius 1 is 1.25 bits per heavy atom. The fraction of sp³-hybridized carbons (Fsp3) is 0.286. The van der Waals surface area contributed by atoms with E-state index < -0.39 is 0 Å². The number of Topliss-reactive ketones (excluding diaryl/α,β-unsaturated/α-hetero) is 1. The van der Waals surface area contributed by atoms with E-state index in [0.29, 0.717) is 17.7 Å². The number of fused-ring (bicyclic) bond motifs is 1. The van der Waals surface area contributed by atoms with E-state index in [-0.39, 0.29) is 17.6 Å². The molecular formula is C21H22O3. The van der Waals surface area contributed by atoms with Crippen LogP contribution < -0.4 is 4.74 Å². The Kier molecular flexibility index (Phi) is 4.43. The lowest BCUT2D eigenvalue weighted by molar-refractivity contribution is 0.0850. The molecule has 1 atom stereocenters. The number of ether oxygens (including phenoxy) is 1. The summed E-state index contributed by atoms with van der Waals surface area (Å²) in [5.74, 6) is 0.969. The Morgan fingerprint density at radius 2 is 1.96 bits per heavy atom. The molecule has 1 aliphatic rings. The number of carbonyl (C=O) groups is 1. The molecule has 0 amide bonds. The molecule has 0 aliphatic carbocycles. The zero-order valence-electron chi connectivity index (χ0n) is 14.3. The number of aryl methyl sites for hydroxylation is 1. The van der Waals surface area contributed by atoms with Crippen molar-refractivity contribution in [2.45, 2.75) is 39.7 Å². The quantitative estimate of drug-likeness (QED) is 0.816. The van der Waals surface area contributed by atoms with Gasteiger partial charge in [0.25, 0.3) is 0 Å². The number of benzene rings is 2. The third-order valence-electron chi connectivity index (χ3n) is 4.37. The lowest BCUT2D eigenvalue weighted by Crippen LogP contribution is -2.20. The van der Waals surface area contributed by atoms with E-state index >= 15 is 0 Å². The van der Waals surface area contributed by atoms with Gasteiger partial charge >= 0.3 is 0 Å². The third kappa shape index (κ3) is 3.35. The molecule has 24 heavy (non-hydrogen) atoms. The number of rotatable bonds is 3. The van der Waals surface area contributed by atoms with Gasteiger partial charge in [-0.15, -0.1) is 0 Å². The molecule has 2 aromatic rings. The highest BCUT2D eigenvalue weighted by Gasteiger charge is 2.28. The summed E-state index contributed by atoms with van der Waals surface area (Å²) in [6, 6.07) is 10.8. The third-order valence-corrected chi connectivity index (χ3v) is 4.37. The Hall–Kier alpha value is -2.55. The van der Waals surface area contributed by atoms with Crippen LogP contribution in [0, 0.1) is 6.92 Å². The van der Waals surface area contributed by atoms with E-state index in [1.165, 1.54) is 5.57 Å². The second-order valence-corrected chi connectivity index (χ2v) is 6.59. The molecule has 1 N–H and O–H groups in total. The van der Waals surface area contributed by atoms with Crippen LogP contribution in [0.25, 0.3) is 0 Å². The second-order valence-electron chi connectivity index (χ2n) is 6.59. The van der Waals surface area contributed by atoms with Crippen LogP contribution in [-0.2, 0) is 6.42 Å². The summed E-state index contributed by atoms with van der Waals surface area (Å²) in [4.78, 5) is 12.6. The summed E-state index contributed by atoms with van der Waals surface area (Å²) >= 11 is 0. The molecule has 0 saturated heterocycles. The normalized spacial score (nSPS) is 16.3. The van der Waals surface area contributed by atoms with Crippen LogP contribution in [0.15, 0.2) is 48.0 Å². The fourth-order valence-corrected chi connectivity index (χ4v) is 2.92. The van der Waals surface area contributed by atoms with Gasteiger partial charge in [-0.25, -0.2) is 0 Å². The van der Waals surface area contributed by atoms with Gasteiger partial charge in [0.15, 0.2) is 5.78 Å². The lowest BCUT2D eigenvalue weighted by atomic mass is 9.92. The van der Waals surface area contributed by atoms with Crippen molar-refractivity contribution in [2.24, 2.45) is 0 Å². The van der Waals surface area contributed by atoms with Gasteiger partial charge in [-0.05, 0) is 68.1 Å². The Bertz CT molecular complexity index is 797. The van der Waals surface area contributed by atoms with Crippen molar-refractivity contribution in [1.29, 1.82) is 0 Å². The van der Waals surface area contributed by atoms with Crippen LogP contribution >= 0.6 is 0 Å².